The molecule has 7 heavy (non-hydrogen) atoms. The first-order valence-corrected chi connectivity index (χ1v) is 10.4. The molecule has 0 atom stereocenters. The zero-order valence-electron chi connectivity index (χ0n) is 5.11. The molecular weight excluding hydrogens is 187 g/mol. The Balaban J connectivity index is 2.14. The van der Waals surface area contributed by atoms with E-state index in [1.807, 2.05) is 0 Å². The third-order valence-corrected chi connectivity index (χ3v) is 12.3. The van der Waals surface area contributed by atoms with E-state index in [0.29, 0.717) is 0 Å². The van der Waals surface area contributed by atoms with Crippen LogP contribution in [0, 0.1) is 0 Å². The number of rotatable bonds is 1. The summed E-state index contributed by atoms with van der Waals surface area (Å²) in [6, 6.07) is 0. The van der Waals surface area contributed by atoms with Gasteiger partial charge in [0.05, 0.1) is 0 Å². The van der Waals surface area contributed by atoms with Gasteiger partial charge in [0.1, 0.15) is 0 Å². The molecule has 0 saturated carbocycles. The van der Waals surface area contributed by atoms with Crippen LogP contribution in [0.5, 0.6) is 0 Å². The maximum absolute atomic E-state index is 2.39. The molecule has 1 saturated heterocycles. The van der Waals surface area contributed by atoms with Gasteiger partial charge in [-0.05, 0) is 0 Å². The Morgan fingerprint density at radius 3 is 2.14 bits per heavy atom. The van der Waals surface area contributed by atoms with Gasteiger partial charge in [0, 0.05) is 0 Å². The first kappa shape index (κ1) is 6.00. The third kappa shape index (κ3) is 1.67. The topological polar surface area (TPSA) is 0 Å². The van der Waals surface area contributed by atoms with E-state index in [9.17, 15) is 0 Å². The van der Waals surface area contributed by atoms with E-state index in [4.69, 9.17) is 0 Å². The van der Waals surface area contributed by atoms with Crippen molar-refractivity contribution in [2.24, 2.45) is 0 Å². The molecule has 40 valence electrons. The molecule has 1 aliphatic rings. The van der Waals surface area contributed by atoms with Crippen LogP contribution < -0.4 is 0 Å². The van der Waals surface area contributed by atoms with E-state index in [1.54, 1.807) is 25.4 Å². The molecule has 0 N–H and O–H groups in total. The Morgan fingerprint density at radius 2 is 1.86 bits per heavy atom. The van der Waals surface area contributed by atoms with Crippen LogP contribution in [0.25, 0.3) is 0 Å². The van der Waals surface area contributed by atoms with Crippen molar-refractivity contribution in [1.29, 1.82) is 0 Å². The minimum atomic E-state index is -0.653. The zero-order valence-corrected chi connectivity index (χ0v) is 8.41. The first-order valence-electron chi connectivity index (χ1n) is 3.43. The van der Waals surface area contributed by atoms with Crippen molar-refractivity contribution < 1.29 is 0 Å². The molecule has 0 radical (unpaired) electrons. The van der Waals surface area contributed by atoms with Crippen LogP contribution in [-0.2, 0) is 0 Å². The summed E-state index contributed by atoms with van der Waals surface area (Å²) < 4.78 is 5.07. The molecule has 0 unspecified atom stereocenters. The Kier molecular flexibility index (Phi) is 2.58. The summed E-state index contributed by atoms with van der Waals surface area (Å²) >= 11 is -0.653. The Bertz CT molecular complexity index is 46.1. The summed E-state index contributed by atoms with van der Waals surface area (Å²) in [4.78, 5) is 0. The summed E-state index contributed by atoms with van der Waals surface area (Å²) in [5.74, 6) is 0. The Morgan fingerprint density at radius 1 is 1.29 bits per heavy atom. The first-order chi connectivity index (χ1) is 3.43. The third-order valence-electron chi connectivity index (χ3n) is 2.05. The predicted molar refractivity (Wildman–Crippen MR) is 35.1 cm³/mol. The average Bonchev–Trinajstić information content (AvgIpc) is 2.14. The molecule has 1 fully saturated rings. The van der Waals surface area contributed by atoms with E-state index >= 15 is 0 Å². The van der Waals surface area contributed by atoms with Gasteiger partial charge in [0.25, 0.3) is 0 Å². The molecule has 0 aromatic heterocycles. The van der Waals surface area contributed by atoms with E-state index in [-0.39, 0.29) is 0 Å². The van der Waals surface area contributed by atoms with Gasteiger partial charge in [-0.1, -0.05) is 0 Å². The predicted octanol–water partition coefficient (Wildman–Crippen LogP) is 2.29. The molecule has 0 aromatic rings. The fourth-order valence-electron chi connectivity index (χ4n) is 1.42. The van der Waals surface area contributed by atoms with Crippen LogP contribution in [-0.4, -0.2) is 21.4 Å². The Labute approximate surface area is 53.8 Å². The van der Waals surface area contributed by atoms with Crippen LogP contribution in [0.2, 0.25) is 12.5 Å². The van der Waals surface area contributed by atoms with Gasteiger partial charge in [0.15, 0.2) is 0 Å². The fraction of sp³-hybridized carbons (Fsp3) is 1.00. The zero-order chi connectivity index (χ0) is 5.11. The number of hydrogen-bond donors (Lipinski definition) is 0. The standard InChI is InChI=1S/C4H8.C2H5.In/c1-3-4-2;1-2;/h1-4H2;1H2,2H3;. The molecule has 0 spiro atoms. The molecule has 1 rings (SSSR count). The van der Waals surface area contributed by atoms with E-state index in [0.717, 1.165) is 0 Å². The molecule has 1 aliphatic heterocycles. The van der Waals surface area contributed by atoms with Gasteiger partial charge in [0.2, 0.25) is 0 Å². The van der Waals surface area contributed by atoms with Gasteiger partial charge in [-0.2, -0.15) is 0 Å². The summed E-state index contributed by atoms with van der Waals surface area (Å²) in [5, 5.41) is 0. The summed E-state index contributed by atoms with van der Waals surface area (Å²) in [6.45, 7) is 2.39. The van der Waals surface area contributed by atoms with Crippen molar-refractivity contribution >= 4 is 21.4 Å². The summed E-state index contributed by atoms with van der Waals surface area (Å²) in [6.07, 6.45) is 3.18. The second-order valence-corrected chi connectivity index (χ2v) is 13.1. The molecule has 0 aliphatic carbocycles. The normalized spacial score (nSPS) is 21.0. The molecule has 0 aromatic carbocycles. The van der Waals surface area contributed by atoms with Crippen molar-refractivity contribution in [3.63, 3.8) is 0 Å². The van der Waals surface area contributed by atoms with E-state index < -0.39 is 21.4 Å². The van der Waals surface area contributed by atoms with Gasteiger partial charge >= 0.3 is 53.7 Å². The monoisotopic (exact) mass is 200 g/mol. The second kappa shape index (κ2) is 3.01. The van der Waals surface area contributed by atoms with Crippen molar-refractivity contribution in [2.45, 2.75) is 32.3 Å². The number of hydrogen-bond acceptors (Lipinski definition) is 0. The van der Waals surface area contributed by atoms with E-state index in [2.05, 4.69) is 6.92 Å². The molecular formula is C6H13In. The van der Waals surface area contributed by atoms with Crippen molar-refractivity contribution in [1.82, 2.24) is 0 Å². The van der Waals surface area contributed by atoms with Crippen LogP contribution in [0.15, 0.2) is 0 Å². The van der Waals surface area contributed by atoms with Crippen LogP contribution in [0.3, 0.4) is 0 Å². The van der Waals surface area contributed by atoms with Gasteiger partial charge in [-0.15, -0.1) is 0 Å². The van der Waals surface area contributed by atoms with Gasteiger partial charge in [-0.25, -0.2) is 0 Å². The second-order valence-electron chi connectivity index (χ2n) is 2.56. The molecule has 1 heteroatoms. The molecule has 0 bridgehead atoms. The van der Waals surface area contributed by atoms with E-state index in [1.165, 1.54) is 0 Å². The summed E-state index contributed by atoms with van der Waals surface area (Å²) in [5.41, 5.74) is 0. The van der Waals surface area contributed by atoms with Crippen molar-refractivity contribution in [2.75, 3.05) is 0 Å². The molecule has 0 amide bonds. The molecule has 0 nitrogen and oxygen atoms in total. The van der Waals surface area contributed by atoms with Crippen molar-refractivity contribution in [3.05, 3.63) is 0 Å². The minimum absolute atomic E-state index is 0.653. The van der Waals surface area contributed by atoms with Gasteiger partial charge in [-0.3, -0.25) is 0 Å². The van der Waals surface area contributed by atoms with Crippen LogP contribution in [0.4, 0.5) is 0 Å². The van der Waals surface area contributed by atoms with Crippen molar-refractivity contribution in [3.8, 4) is 0 Å². The van der Waals surface area contributed by atoms with Crippen LogP contribution >= 0.6 is 0 Å². The van der Waals surface area contributed by atoms with Crippen LogP contribution in [0.1, 0.15) is 19.8 Å². The maximum atomic E-state index is 2.39. The Hall–Kier alpha value is 0.870. The molecule has 1 heterocycles. The van der Waals surface area contributed by atoms with Gasteiger partial charge < -0.3 is 0 Å². The quantitative estimate of drug-likeness (QED) is 0.609. The summed E-state index contributed by atoms with van der Waals surface area (Å²) in [7, 11) is 0. The average molecular weight is 200 g/mol. The SMILES string of the molecule is C[CH2][In]1[CH2]CC[CH2]1. The fourth-order valence-corrected chi connectivity index (χ4v) is 9.52.